The summed E-state index contributed by atoms with van der Waals surface area (Å²) >= 11 is 0. The maximum atomic E-state index is 16.1. The van der Waals surface area contributed by atoms with E-state index in [1.807, 2.05) is 95.1 Å². The number of fused-ring (bicyclic) bond motifs is 4. The second kappa shape index (κ2) is 13.1. The lowest BCUT2D eigenvalue weighted by molar-refractivity contribution is -0.178. The monoisotopic (exact) mass is 746 g/mol. The first kappa shape index (κ1) is 37.4. The Kier molecular flexibility index (Phi) is 9.27. The molecule has 7 atom stereocenters. The number of benzene rings is 2. The minimum Gasteiger partial charge on any atom is -0.507 e. The number of carbonyl (C=O) groups excluding carboxylic acids is 3. The standard InChI is InChI=1S/C40H51FN4O7Si/c1-21-27(42-37(49)28-15-16-45(28)7)19-26(41)24-17-23-18-25-32(44(5)6)34-31(38(43-51-34)50-20-22-13-11-10-12-14-22)36(48)40(25,52-53(8,9)39(2,3)4)35(47)30(23)33(46)29(21)24/h10-14,19,23,25,28,31-32,34,46H,15-18,20H2,1-9H3,(H,42,49)/t23-,25-,28-,31?,32-,34?,40-/m0/s1. The zero-order valence-corrected chi connectivity index (χ0v) is 33.1. The maximum absolute atomic E-state index is 16.1. The molecule has 11 nitrogen and oxygen atoms in total. The number of ether oxygens (including phenoxy) is 1. The van der Waals surface area contributed by atoms with E-state index < -0.39 is 66.2 Å². The van der Waals surface area contributed by atoms with Crippen molar-refractivity contribution in [2.45, 2.75) is 95.5 Å². The van der Waals surface area contributed by atoms with Crippen LogP contribution in [0.4, 0.5) is 10.1 Å². The molecule has 3 aliphatic carbocycles. The average Bonchev–Trinajstić information content (AvgIpc) is 3.49. The number of nitrogens with zero attached hydrogens (tertiary/aromatic N) is 3. The number of anilines is 1. The molecule has 2 N–H and O–H groups in total. The fourth-order valence-electron chi connectivity index (χ4n) is 8.78. The van der Waals surface area contributed by atoms with Crippen molar-refractivity contribution in [3.63, 3.8) is 0 Å². The Morgan fingerprint density at radius 3 is 2.51 bits per heavy atom. The van der Waals surface area contributed by atoms with Gasteiger partial charge in [0.2, 0.25) is 17.6 Å². The smallest absolute Gasteiger partial charge is 0.241 e. The van der Waals surface area contributed by atoms with Crippen LogP contribution in [0.5, 0.6) is 0 Å². The first-order valence-corrected chi connectivity index (χ1v) is 21.4. The summed E-state index contributed by atoms with van der Waals surface area (Å²) in [7, 11) is 2.71. The molecule has 284 valence electrons. The molecule has 2 heterocycles. The molecular formula is C40H51FN4O7Si. The SMILES string of the molecule is Cc1c(NC(=O)[C@@H]2CCN2C)cc(F)c2c1C(O)=C1C(=O)[C@]3(O[Si](C)(C)C(C)(C)C)C(=O)C4C(OCc5ccccc5)=NOC4[C@@H](N(C)C)[C@@H]3C[C@@H]1C2. The lowest BCUT2D eigenvalue weighted by Gasteiger charge is -2.57. The van der Waals surface area contributed by atoms with E-state index in [-0.39, 0.29) is 65.4 Å². The van der Waals surface area contributed by atoms with Crippen LogP contribution in [-0.4, -0.2) is 98.1 Å². The largest absolute Gasteiger partial charge is 0.507 e. The van der Waals surface area contributed by atoms with Gasteiger partial charge in [-0.15, -0.1) is 0 Å². The number of aliphatic hydroxyl groups is 1. The van der Waals surface area contributed by atoms with Crippen molar-refractivity contribution in [1.82, 2.24) is 9.80 Å². The van der Waals surface area contributed by atoms with Crippen LogP contribution in [0.2, 0.25) is 18.1 Å². The molecule has 0 spiro atoms. The Morgan fingerprint density at radius 2 is 1.91 bits per heavy atom. The number of likely N-dealkylation sites (N-methyl/N-ethyl adjacent to an activating group) is 2. The number of ketones is 2. The molecule has 0 radical (unpaired) electrons. The quantitative estimate of drug-likeness (QED) is 0.274. The van der Waals surface area contributed by atoms with Gasteiger partial charge >= 0.3 is 0 Å². The van der Waals surface area contributed by atoms with Gasteiger partial charge in [-0.2, -0.15) is 0 Å². The summed E-state index contributed by atoms with van der Waals surface area (Å²) in [5.41, 5.74) is 0.0551. The summed E-state index contributed by atoms with van der Waals surface area (Å²) in [6.45, 7) is 12.8. The third kappa shape index (κ3) is 5.85. The molecule has 2 aliphatic heterocycles. The van der Waals surface area contributed by atoms with Gasteiger partial charge in [-0.1, -0.05) is 56.3 Å². The number of nitrogens with one attached hydrogen (secondary N) is 1. The summed E-state index contributed by atoms with van der Waals surface area (Å²) in [5, 5.41) is 19.0. The van der Waals surface area contributed by atoms with Crippen LogP contribution in [-0.2, 0) is 41.4 Å². The molecule has 0 bridgehead atoms. The molecule has 53 heavy (non-hydrogen) atoms. The normalized spacial score (nSPS) is 29.8. The molecular weight excluding hydrogens is 696 g/mol. The van der Waals surface area contributed by atoms with Crippen LogP contribution in [0.3, 0.4) is 0 Å². The number of rotatable bonds is 7. The van der Waals surface area contributed by atoms with E-state index in [4.69, 9.17) is 14.0 Å². The number of oxime groups is 1. The third-order valence-corrected chi connectivity index (χ3v) is 17.2. The highest BCUT2D eigenvalue weighted by Gasteiger charge is 2.72. The van der Waals surface area contributed by atoms with Crippen molar-refractivity contribution < 1.29 is 37.9 Å². The highest BCUT2D eigenvalue weighted by molar-refractivity contribution is 6.74. The summed E-state index contributed by atoms with van der Waals surface area (Å²) in [6.07, 6.45) is 0.319. The molecule has 2 aromatic carbocycles. The van der Waals surface area contributed by atoms with Gasteiger partial charge in [0, 0.05) is 29.3 Å². The molecule has 5 aliphatic rings. The van der Waals surface area contributed by atoms with Crippen molar-refractivity contribution in [3.05, 3.63) is 70.0 Å². The number of hydrogen-bond acceptors (Lipinski definition) is 10. The lowest BCUT2D eigenvalue weighted by atomic mass is 9.54. The number of Topliss-reactive ketones (excluding diaryl/α,β-unsaturated/α-hetero) is 2. The van der Waals surface area contributed by atoms with Crippen LogP contribution in [0.1, 0.15) is 55.9 Å². The topological polar surface area (TPSA) is 130 Å². The Morgan fingerprint density at radius 1 is 1.21 bits per heavy atom. The second-order valence-corrected chi connectivity index (χ2v) is 21.9. The first-order valence-electron chi connectivity index (χ1n) is 18.5. The van der Waals surface area contributed by atoms with E-state index >= 15 is 14.0 Å². The molecule has 0 aromatic heterocycles. The first-order chi connectivity index (χ1) is 24.9. The number of aliphatic hydroxyl groups excluding tert-OH is 1. The van der Waals surface area contributed by atoms with Crippen molar-refractivity contribution >= 4 is 43.1 Å². The van der Waals surface area contributed by atoms with E-state index in [1.54, 1.807) is 6.92 Å². The average molecular weight is 747 g/mol. The summed E-state index contributed by atoms with van der Waals surface area (Å²) in [4.78, 5) is 54.0. The van der Waals surface area contributed by atoms with E-state index in [0.29, 0.717) is 12.0 Å². The Labute approximate surface area is 311 Å². The molecule has 2 aromatic rings. The van der Waals surface area contributed by atoms with E-state index in [0.717, 1.165) is 12.1 Å². The lowest BCUT2D eigenvalue weighted by Crippen LogP contribution is -2.75. The zero-order chi connectivity index (χ0) is 38.4. The predicted molar refractivity (Wildman–Crippen MR) is 201 cm³/mol. The van der Waals surface area contributed by atoms with E-state index in [1.165, 1.54) is 6.07 Å². The summed E-state index contributed by atoms with van der Waals surface area (Å²) in [5.74, 6) is -4.58. The molecule has 2 saturated carbocycles. The van der Waals surface area contributed by atoms with Crippen molar-refractivity contribution in [1.29, 1.82) is 0 Å². The summed E-state index contributed by atoms with van der Waals surface area (Å²) < 4.78 is 29.5. The predicted octanol–water partition coefficient (Wildman–Crippen LogP) is 5.63. The van der Waals surface area contributed by atoms with Crippen LogP contribution in [0.15, 0.2) is 47.1 Å². The second-order valence-electron chi connectivity index (χ2n) is 17.2. The van der Waals surface area contributed by atoms with E-state index in [2.05, 4.69) is 10.5 Å². The number of likely N-dealkylation sites (tertiary alicyclic amines) is 1. The fourth-order valence-corrected chi connectivity index (χ4v) is 10.2. The van der Waals surface area contributed by atoms with Gasteiger partial charge in [-0.05, 0) is 94.1 Å². The molecule has 13 heteroatoms. The minimum absolute atomic E-state index is 0.0593. The molecule has 1 saturated heterocycles. The van der Waals surface area contributed by atoms with E-state index in [9.17, 15) is 9.90 Å². The highest BCUT2D eigenvalue weighted by Crippen LogP contribution is 2.57. The van der Waals surface area contributed by atoms with Gasteiger partial charge in [-0.3, -0.25) is 19.3 Å². The maximum Gasteiger partial charge on any atom is 0.241 e. The fraction of sp³-hybridized carbons (Fsp3) is 0.550. The van der Waals surface area contributed by atoms with Crippen molar-refractivity contribution in [2.24, 2.45) is 22.9 Å². The zero-order valence-electron chi connectivity index (χ0n) is 32.1. The van der Waals surface area contributed by atoms with Gasteiger partial charge in [0.05, 0.1) is 12.1 Å². The van der Waals surface area contributed by atoms with Crippen LogP contribution in [0.25, 0.3) is 5.76 Å². The molecule has 7 rings (SSSR count). The number of carbonyl (C=O) groups is 3. The molecule has 1 amide bonds. The van der Waals surface area contributed by atoms with Gasteiger partial charge < -0.3 is 29.3 Å². The molecule has 2 unspecified atom stereocenters. The molecule has 3 fully saturated rings. The van der Waals surface area contributed by atoms with Crippen LogP contribution in [0, 0.1) is 30.5 Å². The third-order valence-electron chi connectivity index (χ3n) is 12.8. The van der Waals surface area contributed by atoms with Gasteiger partial charge in [0.15, 0.2) is 25.8 Å². The van der Waals surface area contributed by atoms with Gasteiger partial charge in [0.25, 0.3) is 0 Å². The van der Waals surface area contributed by atoms with Gasteiger partial charge in [0.1, 0.15) is 24.1 Å². The van der Waals surface area contributed by atoms with Crippen molar-refractivity contribution in [2.75, 3.05) is 33.0 Å². The Balaban J connectivity index is 1.36. The van der Waals surface area contributed by atoms with Crippen molar-refractivity contribution in [3.8, 4) is 0 Å². The number of halogens is 1. The van der Waals surface area contributed by atoms with Crippen LogP contribution < -0.4 is 5.32 Å². The number of amides is 1. The highest BCUT2D eigenvalue weighted by atomic mass is 28.4. The Hall–Kier alpha value is -3.91. The van der Waals surface area contributed by atoms with Gasteiger partial charge in [-0.25, -0.2) is 4.39 Å². The minimum atomic E-state index is -2.90. The Bertz CT molecular complexity index is 1920. The van der Waals surface area contributed by atoms with Crippen LogP contribution >= 0.6 is 0 Å². The number of hydrogen-bond donors (Lipinski definition) is 2. The summed E-state index contributed by atoms with van der Waals surface area (Å²) in [6, 6.07) is 9.96.